The molecular weight excluding hydrogens is 383 g/mol. The van der Waals surface area contributed by atoms with E-state index in [1.54, 1.807) is 0 Å². The second-order valence-corrected chi connectivity index (χ2v) is 6.56. The molecule has 0 bridgehead atoms. The van der Waals surface area contributed by atoms with Gasteiger partial charge in [0.15, 0.2) is 5.43 Å². The van der Waals surface area contributed by atoms with Gasteiger partial charge >= 0.3 is 0 Å². The molecule has 0 N–H and O–H groups in total. The summed E-state index contributed by atoms with van der Waals surface area (Å²) in [6, 6.07) is 8.27. The number of hydrogen-bond donors (Lipinski definition) is 0. The van der Waals surface area contributed by atoms with Gasteiger partial charge < -0.3 is 14.1 Å². The maximum absolute atomic E-state index is 13.7. The molecule has 0 spiro atoms. The Hall–Kier alpha value is -3.59. The van der Waals surface area contributed by atoms with Crippen LogP contribution in [-0.4, -0.2) is 36.0 Å². The third kappa shape index (κ3) is 3.05. The number of non-ortho nitro benzene ring substituents is 1. The smallest absolute Gasteiger partial charge is 0.290 e. The summed E-state index contributed by atoms with van der Waals surface area (Å²) in [5.41, 5.74) is 0.0613. The lowest BCUT2D eigenvalue weighted by Gasteiger charge is -2.24. The number of rotatable bonds is 5. The van der Waals surface area contributed by atoms with Crippen molar-refractivity contribution in [2.75, 3.05) is 20.3 Å². The minimum atomic E-state index is -0.822. The zero-order valence-corrected chi connectivity index (χ0v) is 15.3. The first-order valence-corrected chi connectivity index (χ1v) is 8.73. The number of nitro benzene ring substituents is 1. The molecule has 8 nitrogen and oxygen atoms in total. The molecule has 4 rings (SSSR count). The average molecular weight is 398 g/mol. The number of amides is 1. The number of methoxy groups -OCH3 is 1. The Morgan fingerprint density at radius 1 is 1.21 bits per heavy atom. The molecule has 1 aliphatic heterocycles. The SMILES string of the molecule is COCCN1C(=O)c2oc3ccc(F)cc3c(=O)c2[C@H]1c1ccc([N+](=O)[O-])cc1. The highest BCUT2D eigenvalue weighted by Gasteiger charge is 2.42. The van der Waals surface area contributed by atoms with Gasteiger partial charge in [-0.05, 0) is 35.9 Å². The van der Waals surface area contributed by atoms with E-state index in [4.69, 9.17) is 9.15 Å². The molecule has 148 valence electrons. The molecule has 0 radical (unpaired) electrons. The summed E-state index contributed by atoms with van der Waals surface area (Å²) in [5, 5.41) is 11.0. The second kappa shape index (κ2) is 7.10. The molecule has 3 aromatic rings. The van der Waals surface area contributed by atoms with Crippen LogP contribution in [-0.2, 0) is 4.74 Å². The van der Waals surface area contributed by atoms with Gasteiger partial charge in [0.2, 0.25) is 5.76 Å². The molecule has 2 aromatic carbocycles. The summed E-state index contributed by atoms with van der Waals surface area (Å²) in [4.78, 5) is 38.0. The number of carbonyl (C=O) groups excluding carboxylic acids is 1. The topological polar surface area (TPSA) is 103 Å². The molecular formula is C20H15FN2O6. The maximum atomic E-state index is 13.7. The summed E-state index contributed by atoms with van der Waals surface area (Å²) >= 11 is 0. The number of hydrogen-bond acceptors (Lipinski definition) is 6. The van der Waals surface area contributed by atoms with Crippen molar-refractivity contribution in [1.82, 2.24) is 4.90 Å². The lowest BCUT2D eigenvalue weighted by Crippen LogP contribution is -2.32. The normalized spacial score (nSPS) is 15.7. The minimum absolute atomic E-state index is 0.0250. The number of nitrogens with zero attached hydrogens (tertiary/aromatic N) is 2. The minimum Gasteiger partial charge on any atom is -0.450 e. The Morgan fingerprint density at radius 3 is 2.59 bits per heavy atom. The van der Waals surface area contributed by atoms with Gasteiger partial charge in [0.25, 0.3) is 11.6 Å². The third-order valence-corrected chi connectivity index (χ3v) is 4.88. The predicted octanol–water partition coefficient (Wildman–Crippen LogP) is 3.03. The summed E-state index contributed by atoms with van der Waals surface area (Å²) in [6.45, 7) is 0.386. The van der Waals surface area contributed by atoms with Crippen molar-refractivity contribution in [3.63, 3.8) is 0 Å². The molecule has 1 amide bonds. The van der Waals surface area contributed by atoms with Crippen LogP contribution in [0.15, 0.2) is 51.7 Å². The van der Waals surface area contributed by atoms with Crippen molar-refractivity contribution in [3.05, 3.63) is 85.5 Å². The van der Waals surface area contributed by atoms with Gasteiger partial charge in [-0.25, -0.2) is 4.39 Å². The molecule has 0 saturated carbocycles. The largest absolute Gasteiger partial charge is 0.450 e. The number of ether oxygens (including phenoxy) is 1. The van der Waals surface area contributed by atoms with Crippen molar-refractivity contribution in [2.24, 2.45) is 0 Å². The first kappa shape index (κ1) is 18.8. The molecule has 1 aliphatic rings. The zero-order chi connectivity index (χ0) is 20.7. The van der Waals surface area contributed by atoms with E-state index in [2.05, 4.69) is 0 Å². The summed E-state index contributed by atoms with van der Waals surface area (Å²) < 4.78 is 24.4. The van der Waals surface area contributed by atoms with Crippen molar-refractivity contribution < 1.29 is 23.3 Å². The predicted molar refractivity (Wildman–Crippen MR) is 100 cm³/mol. The summed E-state index contributed by atoms with van der Waals surface area (Å²) in [7, 11) is 1.48. The fourth-order valence-corrected chi connectivity index (χ4v) is 3.54. The van der Waals surface area contributed by atoms with Gasteiger partial charge in [0.1, 0.15) is 11.4 Å². The average Bonchev–Trinajstić information content (AvgIpc) is 2.99. The van der Waals surface area contributed by atoms with Crippen molar-refractivity contribution in [1.29, 1.82) is 0 Å². The molecule has 9 heteroatoms. The summed E-state index contributed by atoms with van der Waals surface area (Å²) in [6.07, 6.45) is 0. The quantitative estimate of drug-likeness (QED) is 0.483. The van der Waals surface area contributed by atoms with Gasteiger partial charge in [-0.2, -0.15) is 0 Å². The van der Waals surface area contributed by atoms with Gasteiger partial charge in [0.05, 0.1) is 28.5 Å². The van der Waals surface area contributed by atoms with Crippen LogP contribution in [0.25, 0.3) is 11.0 Å². The highest BCUT2D eigenvalue weighted by Crippen LogP contribution is 2.38. The number of nitro groups is 1. The molecule has 0 aliphatic carbocycles. The van der Waals surface area contributed by atoms with Crippen LogP contribution in [0.1, 0.15) is 27.7 Å². The van der Waals surface area contributed by atoms with Crippen LogP contribution in [0.3, 0.4) is 0 Å². The Kier molecular flexibility index (Phi) is 4.59. The number of benzene rings is 2. The molecule has 0 unspecified atom stereocenters. The fourth-order valence-electron chi connectivity index (χ4n) is 3.54. The number of carbonyl (C=O) groups is 1. The van der Waals surface area contributed by atoms with E-state index < -0.39 is 28.1 Å². The van der Waals surface area contributed by atoms with Gasteiger partial charge in [-0.1, -0.05) is 0 Å². The van der Waals surface area contributed by atoms with E-state index in [1.165, 1.54) is 42.3 Å². The fraction of sp³-hybridized carbons (Fsp3) is 0.200. The van der Waals surface area contributed by atoms with E-state index in [0.29, 0.717) is 5.56 Å². The lowest BCUT2D eigenvalue weighted by molar-refractivity contribution is -0.384. The second-order valence-electron chi connectivity index (χ2n) is 6.56. The molecule has 1 aromatic heterocycles. The molecule has 0 saturated heterocycles. The Morgan fingerprint density at radius 2 is 1.93 bits per heavy atom. The van der Waals surface area contributed by atoms with Crippen molar-refractivity contribution in [2.45, 2.75) is 6.04 Å². The van der Waals surface area contributed by atoms with Crippen LogP contribution < -0.4 is 5.43 Å². The monoisotopic (exact) mass is 398 g/mol. The van der Waals surface area contributed by atoms with Crippen LogP contribution in [0.2, 0.25) is 0 Å². The lowest BCUT2D eigenvalue weighted by atomic mass is 9.98. The van der Waals surface area contributed by atoms with E-state index >= 15 is 0 Å². The number of halogens is 1. The van der Waals surface area contributed by atoms with E-state index in [9.17, 15) is 24.1 Å². The maximum Gasteiger partial charge on any atom is 0.290 e. The number of fused-ring (bicyclic) bond motifs is 2. The van der Waals surface area contributed by atoms with Crippen LogP contribution in [0, 0.1) is 15.9 Å². The van der Waals surface area contributed by atoms with Gasteiger partial charge in [0, 0.05) is 25.8 Å². The highest BCUT2D eigenvalue weighted by atomic mass is 19.1. The Bertz CT molecular complexity index is 1190. The van der Waals surface area contributed by atoms with Crippen LogP contribution >= 0.6 is 0 Å². The first-order chi connectivity index (χ1) is 13.9. The molecule has 2 heterocycles. The summed E-state index contributed by atoms with van der Waals surface area (Å²) in [5.74, 6) is -1.21. The third-order valence-electron chi connectivity index (χ3n) is 4.88. The van der Waals surface area contributed by atoms with E-state index in [-0.39, 0.29) is 41.1 Å². The van der Waals surface area contributed by atoms with E-state index in [1.807, 2.05) is 0 Å². The van der Waals surface area contributed by atoms with Crippen molar-refractivity contribution in [3.8, 4) is 0 Å². The Labute approximate surface area is 163 Å². The first-order valence-electron chi connectivity index (χ1n) is 8.73. The molecule has 29 heavy (non-hydrogen) atoms. The van der Waals surface area contributed by atoms with Crippen LogP contribution in [0.4, 0.5) is 10.1 Å². The molecule has 0 fully saturated rings. The van der Waals surface area contributed by atoms with Crippen LogP contribution in [0.5, 0.6) is 0 Å². The highest BCUT2D eigenvalue weighted by molar-refractivity contribution is 5.99. The standard InChI is InChI=1S/C20H15FN2O6/c1-28-9-8-22-17(11-2-5-13(6-3-11)23(26)27)16-18(24)14-10-12(21)4-7-15(14)29-19(16)20(22)25/h2-7,10,17H,8-9H2,1H3/t17-/m1/s1. The van der Waals surface area contributed by atoms with E-state index in [0.717, 1.165) is 12.1 Å². The zero-order valence-electron chi connectivity index (χ0n) is 15.3. The van der Waals surface area contributed by atoms with Gasteiger partial charge in [-0.3, -0.25) is 19.7 Å². The van der Waals surface area contributed by atoms with Crippen molar-refractivity contribution >= 4 is 22.6 Å². The van der Waals surface area contributed by atoms with Gasteiger partial charge in [-0.15, -0.1) is 0 Å². The Balaban J connectivity index is 1.93. The molecule has 1 atom stereocenters.